The largest absolute Gasteiger partial charge is 0.449 e. The van der Waals surface area contributed by atoms with Gasteiger partial charge in [0.1, 0.15) is 0 Å². The molecule has 0 N–H and O–H groups in total. The summed E-state index contributed by atoms with van der Waals surface area (Å²) in [5, 5.41) is 0. The highest BCUT2D eigenvalue weighted by molar-refractivity contribution is 5.90. The summed E-state index contributed by atoms with van der Waals surface area (Å²) in [5.41, 5.74) is 11.6. The van der Waals surface area contributed by atoms with Crippen molar-refractivity contribution >= 4 is 0 Å². The molecule has 6 aromatic carbocycles. The van der Waals surface area contributed by atoms with E-state index in [0.29, 0.717) is 0 Å². The molecule has 4 nitrogen and oxygen atoms in total. The minimum atomic E-state index is 0.721. The molecule has 2 aliphatic heterocycles. The van der Waals surface area contributed by atoms with Crippen LogP contribution in [0.4, 0.5) is 0 Å². The molecule has 0 amide bonds. The zero-order valence-corrected chi connectivity index (χ0v) is 25.7. The first-order chi connectivity index (χ1) is 22.0. The first-order valence-electron chi connectivity index (χ1n) is 15.4. The van der Waals surface area contributed by atoms with Crippen LogP contribution in [0.3, 0.4) is 0 Å². The van der Waals surface area contributed by atoms with Gasteiger partial charge >= 0.3 is 0 Å². The Kier molecular flexibility index (Phi) is 6.38. The van der Waals surface area contributed by atoms with Crippen LogP contribution < -0.4 is 18.9 Å². The fourth-order valence-corrected chi connectivity index (χ4v) is 6.77. The number of hydrogen-bond acceptors (Lipinski definition) is 4. The van der Waals surface area contributed by atoms with Gasteiger partial charge < -0.3 is 18.9 Å². The van der Waals surface area contributed by atoms with Crippen molar-refractivity contribution in [3.63, 3.8) is 0 Å². The van der Waals surface area contributed by atoms with Crippen LogP contribution in [0.1, 0.15) is 29.2 Å². The van der Waals surface area contributed by atoms with Gasteiger partial charge in [-0.3, -0.25) is 0 Å². The molecule has 0 bridgehead atoms. The highest BCUT2D eigenvalue weighted by Crippen LogP contribution is 2.53. The van der Waals surface area contributed by atoms with Gasteiger partial charge in [0.2, 0.25) is 0 Å². The Bertz CT molecular complexity index is 2140. The van der Waals surface area contributed by atoms with Crippen molar-refractivity contribution in [2.75, 3.05) is 0 Å². The van der Waals surface area contributed by atoms with Crippen molar-refractivity contribution < 1.29 is 18.9 Å². The van der Waals surface area contributed by atoms with Gasteiger partial charge in [-0.15, -0.1) is 0 Å². The second-order valence-electron chi connectivity index (χ2n) is 11.6. The quantitative estimate of drug-likeness (QED) is 0.205. The van der Waals surface area contributed by atoms with Crippen LogP contribution in [0.15, 0.2) is 109 Å². The number of benzene rings is 6. The molecule has 4 heteroatoms. The lowest BCUT2D eigenvalue weighted by Crippen LogP contribution is -2.03. The molecule has 0 aromatic heterocycles. The van der Waals surface area contributed by atoms with Crippen LogP contribution in [0.2, 0.25) is 0 Å². The van der Waals surface area contributed by atoms with Gasteiger partial charge in [-0.05, 0) is 108 Å². The van der Waals surface area contributed by atoms with Gasteiger partial charge in [0.05, 0.1) is 0 Å². The van der Waals surface area contributed by atoms with Crippen molar-refractivity contribution in [3.8, 4) is 79.4 Å². The Hall–Kier alpha value is -5.48. The van der Waals surface area contributed by atoms with E-state index in [4.69, 9.17) is 18.9 Å². The molecular weight excluding hydrogens is 556 g/mol. The Morgan fingerprint density at radius 2 is 0.844 bits per heavy atom. The fourth-order valence-electron chi connectivity index (χ4n) is 6.77. The standard InChI is InChI=1S/C41H32O4/c1-5-27-21-23-29(26(4)39(27)31-13-11-19-37-41(31)45-35-17-9-7-15-33(35)43-37)28-22-20-24(2)38(25(28)3)30-12-10-18-36-40(30)44-34-16-8-6-14-32(34)42-36/h6-23H,5H2,1-4H3. The van der Waals surface area contributed by atoms with Crippen LogP contribution in [-0.4, -0.2) is 0 Å². The Morgan fingerprint density at radius 3 is 1.38 bits per heavy atom. The highest BCUT2D eigenvalue weighted by atomic mass is 16.6. The second kappa shape index (κ2) is 10.6. The fraction of sp³-hybridized carbons (Fsp3) is 0.122. The Morgan fingerprint density at radius 1 is 0.400 bits per heavy atom. The summed E-state index contributed by atoms with van der Waals surface area (Å²) < 4.78 is 25.5. The number of hydrogen-bond donors (Lipinski definition) is 0. The maximum atomic E-state index is 6.51. The van der Waals surface area contributed by atoms with Gasteiger partial charge in [-0.1, -0.05) is 79.7 Å². The minimum absolute atomic E-state index is 0.721. The summed E-state index contributed by atoms with van der Waals surface area (Å²) in [6.07, 6.45) is 0.894. The third kappa shape index (κ3) is 4.36. The van der Waals surface area contributed by atoms with Crippen molar-refractivity contribution in [2.45, 2.75) is 34.1 Å². The van der Waals surface area contributed by atoms with Gasteiger partial charge in [-0.25, -0.2) is 0 Å². The van der Waals surface area contributed by atoms with E-state index in [1.54, 1.807) is 0 Å². The summed E-state index contributed by atoms with van der Waals surface area (Å²) in [6, 6.07) is 36.9. The second-order valence-corrected chi connectivity index (χ2v) is 11.6. The van der Waals surface area contributed by atoms with E-state index in [2.05, 4.69) is 64.1 Å². The van der Waals surface area contributed by atoms with Crippen molar-refractivity contribution in [1.82, 2.24) is 0 Å². The molecular formula is C41H32O4. The SMILES string of the molecule is CCc1ccc(-c2ccc(C)c(-c3cccc4c3Oc3ccccc3O4)c2C)c(C)c1-c1cccc2c1Oc1ccccc1O2. The minimum Gasteiger partial charge on any atom is -0.449 e. The van der Waals surface area contributed by atoms with Gasteiger partial charge in [-0.2, -0.15) is 0 Å². The molecule has 0 radical (unpaired) electrons. The van der Waals surface area contributed by atoms with Crippen molar-refractivity contribution in [1.29, 1.82) is 0 Å². The summed E-state index contributed by atoms with van der Waals surface area (Å²) >= 11 is 0. The van der Waals surface area contributed by atoms with Crippen molar-refractivity contribution in [3.05, 3.63) is 131 Å². The summed E-state index contributed by atoms with van der Waals surface area (Å²) in [4.78, 5) is 0. The number of rotatable bonds is 4. The lowest BCUT2D eigenvalue weighted by atomic mass is 9.84. The van der Waals surface area contributed by atoms with Crippen LogP contribution in [0, 0.1) is 20.8 Å². The van der Waals surface area contributed by atoms with Gasteiger partial charge in [0.15, 0.2) is 46.0 Å². The zero-order valence-electron chi connectivity index (χ0n) is 25.7. The van der Waals surface area contributed by atoms with Crippen molar-refractivity contribution in [2.24, 2.45) is 0 Å². The molecule has 220 valence electrons. The first-order valence-corrected chi connectivity index (χ1v) is 15.4. The molecule has 0 saturated heterocycles. The predicted molar refractivity (Wildman–Crippen MR) is 180 cm³/mol. The zero-order chi connectivity index (χ0) is 30.7. The van der Waals surface area contributed by atoms with Crippen LogP contribution in [-0.2, 0) is 6.42 Å². The molecule has 0 aliphatic carbocycles. The topological polar surface area (TPSA) is 36.9 Å². The monoisotopic (exact) mass is 588 g/mol. The van der Waals surface area contributed by atoms with Gasteiger partial charge in [0, 0.05) is 11.1 Å². The van der Waals surface area contributed by atoms with E-state index >= 15 is 0 Å². The molecule has 2 aliphatic rings. The molecule has 0 atom stereocenters. The van der Waals surface area contributed by atoms with E-state index in [9.17, 15) is 0 Å². The number of para-hydroxylation sites is 6. The van der Waals surface area contributed by atoms with E-state index in [1.165, 1.54) is 38.9 Å². The lowest BCUT2D eigenvalue weighted by molar-refractivity contribution is 0.361. The maximum Gasteiger partial charge on any atom is 0.177 e. The molecule has 2 heterocycles. The van der Waals surface area contributed by atoms with E-state index in [0.717, 1.165) is 69.1 Å². The summed E-state index contributed by atoms with van der Waals surface area (Å²) in [5.74, 6) is 5.84. The smallest absolute Gasteiger partial charge is 0.177 e. The van der Waals surface area contributed by atoms with Crippen LogP contribution >= 0.6 is 0 Å². The van der Waals surface area contributed by atoms with Crippen LogP contribution in [0.5, 0.6) is 46.0 Å². The number of ether oxygens (including phenoxy) is 4. The molecule has 6 aromatic rings. The summed E-state index contributed by atoms with van der Waals surface area (Å²) in [7, 11) is 0. The first kappa shape index (κ1) is 27.1. The maximum absolute atomic E-state index is 6.51. The molecule has 0 fully saturated rings. The molecule has 0 unspecified atom stereocenters. The van der Waals surface area contributed by atoms with E-state index in [-0.39, 0.29) is 0 Å². The third-order valence-electron chi connectivity index (χ3n) is 8.95. The third-order valence-corrected chi connectivity index (χ3v) is 8.95. The number of fused-ring (bicyclic) bond motifs is 4. The Labute approximate surface area is 263 Å². The molecule has 8 rings (SSSR count). The highest BCUT2D eigenvalue weighted by Gasteiger charge is 2.27. The summed E-state index contributed by atoms with van der Waals surface area (Å²) in [6.45, 7) is 8.79. The molecule has 0 saturated carbocycles. The average Bonchev–Trinajstić information content (AvgIpc) is 3.06. The van der Waals surface area contributed by atoms with E-state index < -0.39 is 0 Å². The molecule has 0 spiro atoms. The number of aryl methyl sites for hydroxylation is 2. The van der Waals surface area contributed by atoms with Crippen LogP contribution in [0.25, 0.3) is 33.4 Å². The predicted octanol–water partition coefficient (Wildman–Crippen LogP) is 12.0. The van der Waals surface area contributed by atoms with Gasteiger partial charge in [0.25, 0.3) is 0 Å². The normalized spacial score (nSPS) is 12.4. The van der Waals surface area contributed by atoms with E-state index in [1.807, 2.05) is 72.8 Å². The molecule has 45 heavy (non-hydrogen) atoms. The Balaban J connectivity index is 1.28. The average molecular weight is 589 g/mol. The lowest BCUT2D eigenvalue weighted by Gasteiger charge is -2.26.